The molecule has 0 amide bonds. The Morgan fingerprint density at radius 3 is 2.29 bits per heavy atom. The van der Waals surface area contributed by atoms with Crippen LogP contribution in [0.4, 0.5) is 0 Å². The van der Waals surface area contributed by atoms with Crippen LogP contribution in [0.5, 0.6) is 5.75 Å². The molecule has 0 spiro atoms. The van der Waals surface area contributed by atoms with E-state index in [-0.39, 0.29) is 5.54 Å². The summed E-state index contributed by atoms with van der Waals surface area (Å²) in [5.74, 6) is 0.840. The number of aromatic nitrogens is 2. The summed E-state index contributed by atoms with van der Waals surface area (Å²) in [5, 5.41) is 4.20. The first-order valence-corrected chi connectivity index (χ1v) is 5.22. The Labute approximate surface area is 87.1 Å². The van der Waals surface area contributed by atoms with Gasteiger partial charge in [-0.15, -0.1) is 0 Å². The van der Waals surface area contributed by atoms with E-state index >= 15 is 0 Å². The Bertz CT molecular complexity index is 248. The molecule has 0 saturated carbocycles. The van der Waals surface area contributed by atoms with E-state index in [4.69, 9.17) is 4.74 Å². The number of ether oxygens (including phenoxy) is 1. The summed E-state index contributed by atoms with van der Waals surface area (Å²) < 4.78 is 7.20. The molecule has 1 rings (SSSR count). The van der Waals surface area contributed by atoms with Crippen molar-refractivity contribution in [2.24, 2.45) is 0 Å². The topological polar surface area (TPSA) is 27.1 Å². The van der Waals surface area contributed by atoms with Gasteiger partial charge in [-0.25, -0.2) is 0 Å². The molecule has 14 heavy (non-hydrogen) atoms. The van der Waals surface area contributed by atoms with E-state index in [1.54, 1.807) is 6.20 Å². The molecule has 3 nitrogen and oxygen atoms in total. The Balaban J connectivity index is 0.000000791. The highest BCUT2D eigenvalue weighted by Crippen LogP contribution is 2.16. The van der Waals surface area contributed by atoms with Crippen LogP contribution in [0, 0.1) is 0 Å². The van der Waals surface area contributed by atoms with E-state index in [2.05, 4.69) is 25.9 Å². The lowest BCUT2D eigenvalue weighted by Gasteiger charge is -2.18. The van der Waals surface area contributed by atoms with Crippen molar-refractivity contribution in [1.82, 2.24) is 9.78 Å². The van der Waals surface area contributed by atoms with Gasteiger partial charge in [0, 0.05) is 0 Å². The van der Waals surface area contributed by atoms with Gasteiger partial charge in [-0.1, -0.05) is 13.8 Å². The summed E-state index contributed by atoms with van der Waals surface area (Å²) in [6, 6.07) is 0. The first-order valence-electron chi connectivity index (χ1n) is 5.22. The van der Waals surface area contributed by atoms with E-state index < -0.39 is 0 Å². The van der Waals surface area contributed by atoms with Crippen LogP contribution in [0.2, 0.25) is 0 Å². The van der Waals surface area contributed by atoms with Crippen LogP contribution in [0.15, 0.2) is 12.4 Å². The molecule has 0 unspecified atom stereocenters. The van der Waals surface area contributed by atoms with Crippen LogP contribution < -0.4 is 4.74 Å². The summed E-state index contributed by atoms with van der Waals surface area (Å²) in [7, 11) is 0. The van der Waals surface area contributed by atoms with Gasteiger partial charge in [-0.3, -0.25) is 4.68 Å². The molecule has 3 heteroatoms. The summed E-state index contributed by atoms with van der Waals surface area (Å²) in [5.41, 5.74) is 0.0371. The molecule has 0 atom stereocenters. The predicted molar refractivity (Wildman–Crippen MR) is 59.7 cm³/mol. The Kier molecular flexibility index (Phi) is 5.28. The number of rotatable bonds is 2. The van der Waals surface area contributed by atoms with Crippen molar-refractivity contribution in [1.29, 1.82) is 0 Å². The normalized spacial score (nSPS) is 10.4. The summed E-state index contributed by atoms with van der Waals surface area (Å²) in [6.07, 6.45) is 3.66. The highest BCUT2D eigenvalue weighted by atomic mass is 16.5. The van der Waals surface area contributed by atoms with Gasteiger partial charge in [0.25, 0.3) is 0 Å². The zero-order chi connectivity index (χ0) is 11.2. The second kappa shape index (κ2) is 5.68. The largest absolute Gasteiger partial charge is 0.491 e. The number of hydrogen-bond donors (Lipinski definition) is 0. The van der Waals surface area contributed by atoms with Crippen molar-refractivity contribution < 1.29 is 4.74 Å². The first-order chi connectivity index (χ1) is 6.54. The minimum Gasteiger partial charge on any atom is -0.491 e. The second-order valence-electron chi connectivity index (χ2n) is 3.72. The molecule has 0 N–H and O–H groups in total. The lowest BCUT2D eigenvalue weighted by molar-refractivity contribution is 0.331. The van der Waals surface area contributed by atoms with Gasteiger partial charge in [0.2, 0.25) is 0 Å². The Hall–Kier alpha value is -0.990. The van der Waals surface area contributed by atoms with E-state index in [0.717, 1.165) is 5.75 Å². The van der Waals surface area contributed by atoms with Gasteiger partial charge >= 0.3 is 0 Å². The fourth-order valence-corrected chi connectivity index (χ4v) is 0.914. The fraction of sp³-hybridized carbons (Fsp3) is 0.727. The SMILES string of the molecule is CC.CCOc1cnn(C(C)(C)C)c1. The molecule has 0 aliphatic heterocycles. The summed E-state index contributed by atoms with van der Waals surface area (Å²) >= 11 is 0. The monoisotopic (exact) mass is 198 g/mol. The van der Waals surface area contributed by atoms with Crippen LogP contribution in [-0.2, 0) is 5.54 Å². The van der Waals surface area contributed by atoms with Crippen molar-refractivity contribution in [2.75, 3.05) is 6.61 Å². The van der Waals surface area contributed by atoms with Gasteiger partial charge in [0.05, 0.1) is 24.5 Å². The molecule has 0 aliphatic rings. The molecular weight excluding hydrogens is 176 g/mol. The highest BCUT2D eigenvalue weighted by molar-refractivity contribution is 5.12. The lowest BCUT2D eigenvalue weighted by atomic mass is 10.1. The maximum Gasteiger partial charge on any atom is 0.157 e. The van der Waals surface area contributed by atoms with Gasteiger partial charge in [0.15, 0.2) is 5.75 Å². The van der Waals surface area contributed by atoms with Crippen LogP contribution in [-0.4, -0.2) is 16.4 Å². The summed E-state index contributed by atoms with van der Waals surface area (Å²) in [6.45, 7) is 13.0. The van der Waals surface area contributed by atoms with Crippen LogP contribution in [0.25, 0.3) is 0 Å². The molecule has 0 radical (unpaired) electrons. The third-order valence-corrected chi connectivity index (χ3v) is 1.56. The zero-order valence-electron chi connectivity index (χ0n) is 10.2. The average molecular weight is 198 g/mol. The van der Waals surface area contributed by atoms with Crippen molar-refractivity contribution in [3.63, 3.8) is 0 Å². The maximum atomic E-state index is 5.30. The standard InChI is InChI=1S/C9H16N2O.C2H6/c1-5-12-8-6-10-11(7-8)9(2,3)4;1-2/h6-7H,5H2,1-4H3;1-2H3. The van der Waals surface area contributed by atoms with Gasteiger partial charge in [0.1, 0.15) is 0 Å². The van der Waals surface area contributed by atoms with E-state index in [1.807, 2.05) is 31.6 Å². The number of hydrogen-bond acceptors (Lipinski definition) is 2. The first kappa shape index (κ1) is 13.0. The van der Waals surface area contributed by atoms with Gasteiger partial charge < -0.3 is 4.74 Å². The van der Waals surface area contributed by atoms with Gasteiger partial charge in [-0.2, -0.15) is 5.10 Å². The molecule has 82 valence electrons. The zero-order valence-corrected chi connectivity index (χ0v) is 10.2. The molecule has 1 aromatic rings. The molecule has 1 aromatic heterocycles. The molecule has 0 fully saturated rings. The van der Waals surface area contributed by atoms with Gasteiger partial charge in [-0.05, 0) is 27.7 Å². The van der Waals surface area contributed by atoms with Crippen molar-refractivity contribution in [2.45, 2.75) is 47.1 Å². The molecule has 0 bridgehead atoms. The van der Waals surface area contributed by atoms with Crippen LogP contribution in [0.1, 0.15) is 41.5 Å². The molecule has 0 aliphatic carbocycles. The van der Waals surface area contributed by atoms with Crippen molar-refractivity contribution in [3.8, 4) is 5.75 Å². The van der Waals surface area contributed by atoms with Crippen LogP contribution >= 0.6 is 0 Å². The fourth-order valence-electron chi connectivity index (χ4n) is 0.914. The number of nitrogens with zero attached hydrogens (tertiary/aromatic N) is 2. The third-order valence-electron chi connectivity index (χ3n) is 1.56. The highest BCUT2D eigenvalue weighted by Gasteiger charge is 2.13. The minimum absolute atomic E-state index is 0.0371. The predicted octanol–water partition coefficient (Wildman–Crippen LogP) is 3.06. The maximum absolute atomic E-state index is 5.30. The van der Waals surface area contributed by atoms with E-state index in [9.17, 15) is 0 Å². The minimum atomic E-state index is 0.0371. The van der Waals surface area contributed by atoms with Crippen molar-refractivity contribution >= 4 is 0 Å². The molecule has 0 aromatic carbocycles. The Morgan fingerprint density at radius 2 is 1.93 bits per heavy atom. The summed E-state index contributed by atoms with van der Waals surface area (Å²) in [4.78, 5) is 0. The van der Waals surface area contributed by atoms with E-state index in [0.29, 0.717) is 6.61 Å². The molecule has 1 heterocycles. The van der Waals surface area contributed by atoms with Crippen LogP contribution in [0.3, 0.4) is 0 Å². The smallest absolute Gasteiger partial charge is 0.157 e. The lowest BCUT2D eigenvalue weighted by Crippen LogP contribution is -2.21. The third kappa shape index (κ3) is 3.81. The molecule has 0 saturated heterocycles. The quantitative estimate of drug-likeness (QED) is 0.730. The second-order valence-corrected chi connectivity index (χ2v) is 3.72. The Morgan fingerprint density at radius 1 is 1.36 bits per heavy atom. The van der Waals surface area contributed by atoms with Crippen molar-refractivity contribution in [3.05, 3.63) is 12.4 Å². The molecular formula is C11H22N2O. The van der Waals surface area contributed by atoms with E-state index in [1.165, 1.54) is 0 Å². The average Bonchev–Trinajstić information content (AvgIpc) is 2.56.